The highest BCUT2D eigenvalue weighted by molar-refractivity contribution is 5.68. The fourth-order valence-corrected chi connectivity index (χ4v) is 1.71. The molecule has 0 aliphatic rings. The zero-order valence-electron chi connectivity index (χ0n) is 10.5. The van der Waals surface area contributed by atoms with Crippen LogP contribution in [0.25, 0.3) is 0 Å². The Kier molecular flexibility index (Phi) is 4.16. The van der Waals surface area contributed by atoms with Gasteiger partial charge in [0.25, 0.3) is 0 Å². The Bertz CT molecular complexity index is 363. The summed E-state index contributed by atoms with van der Waals surface area (Å²) >= 11 is 0. The van der Waals surface area contributed by atoms with Crippen molar-refractivity contribution in [3.05, 3.63) is 23.5 Å². The van der Waals surface area contributed by atoms with Gasteiger partial charge in [0.05, 0.1) is 11.4 Å². The van der Waals surface area contributed by atoms with Gasteiger partial charge in [-0.3, -0.25) is 0 Å². The normalized spacial score (nSPS) is 12.6. The molecule has 0 fully saturated rings. The third kappa shape index (κ3) is 2.87. The van der Waals surface area contributed by atoms with Gasteiger partial charge in [-0.2, -0.15) is 0 Å². The third-order valence-corrected chi connectivity index (χ3v) is 3.00. The lowest BCUT2D eigenvalue weighted by atomic mass is 10.1. The second kappa shape index (κ2) is 5.19. The number of nitrogen functional groups attached to an aromatic ring is 1. The number of aryl methyl sites for hydroxylation is 1. The molecule has 0 bridgehead atoms. The molecule has 16 heavy (non-hydrogen) atoms. The minimum Gasteiger partial charge on any atom is -0.397 e. The van der Waals surface area contributed by atoms with Crippen molar-refractivity contribution >= 4 is 11.4 Å². The van der Waals surface area contributed by atoms with Gasteiger partial charge in [0.2, 0.25) is 0 Å². The molecule has 0 spiro atoms. The fraction of sp³-hybridized carbons (Fsp3) is 0.538. The minimum atomic E-state index is -0.238. The van der Waals surface area contributed by atoms with E-state index in [9.17, 15) is 4.39 Å². The van der Waals surface area contributed by atoms with Gasteiger partial charge >= 0.3 is 0 Å². The SMILES string of the molecule is CCC(C)CN(C)c1cc(C)c(F)cc1N. The van der Waals surface area contributed by atoms with Gasteiger partial charge in [0.15, 0.2) is 0 Å². The number of nitrogens with two attached hydrogens (primary N) is 1. The molecule has 0 saturated heterocycles. The van der Waals surface area contributed by atoms with E-state index in [1.54, 1.807) is 6.92 Å². The Labute approximate surface area is 97.3 Å². The lowest BCUT2D eigenvalue weighted by Gasteiger charge is -2.24. The van der Waals surface area contributed by atoms with Crippen molar-refractivity contribution in [2.24, 2.45) is 5.92 Å². The molecule has 0 radical (unpaired) electrons. The minimum absolute atomic E-state index is 0.238. The molecule has 3 heteroatoms. The summed E-state index contributed by atoms with van der Waals surface area (Å²) in [5.41, 5.74) is 7.89. The van der Waals surface area contributed by atoms with E-state index in [4.69, 9.17) is 5.73 Å². The van der Waals surface area contributed by atoms with Crippen LogP contribution in [-0.4, -0.2) is 13.6 Å². The van der Waals surface area contributed by atoms with Crippen LogP contribution >= 0.6 is 0 Å². The van der Waals surface area contributed by atoms with E-state index in [2.05, 4.69) is 18.7 Å². The molecule has 2 N–H and O–H groups in total. The first-order valence-electron chi connectivity index (χ1n) is 5.72. The second-order valence-corrected chi connectivity index (χ2v) is 4.55. The molecular formula is C13H21FN2. The van der Waals surface area contributed by atoms with Gasteiger partial charge in [0, 0.05) is 13.6 Å². The van der Waals surface area contributed by atoms with Crippen molar-refractivity contribution in [1.29, 1.82) is 0 Å². The molecule has 0 saturated carbocycles. The summed E-state index contributed by atoms with van der Waals surface area (Å²) in [6.07, 6.45) is 1.13. The van der Waals surface area contributed by atoms with Crippen molar-refractivity contribution in [2.45, 2.75) is 27.2 Å². The molecule has 90 valence electrons. The number of halogens is 1. The smallest absolute Gasteiger partial charge is 0.128 e. The molecular weight excluding hydrogens is 203 g/mol. The predicted octanol–water partition coefficient (Wildman–Crippen LogP) is 3.20. The van der Waals surface area contributed by atoms with Crippen LogP contribution < -0.4 is 10.6 Å². The molecule has 1 aromatic rings. The number of benzene rings is 1. The van der Waals surface area contributed by atoms with E-state index in [-0.39, 0.29) is 5.82 Å². The number of hydrogen-bond acceptors (Lipinski definition) is 2. The summed E-state index contributed by atoms with van der Waals surface area (Å²) < 4.78 is 13.3. The molecule has 0 heterocycles. The summed E-state index contributed by atoms with van der Waals surface area (Å²) in [6.45, 7) is 7.06. The maximum absolute atomic E-state index is 13.3. The van der Waals surface area contributed by atoms with Crippen LogP contribution in [0.3, 0.4) is 0 Å². The average Bonchev–Trinajstić information content (AvgIpc) is 2.23. The maximum atomic E-state index is 13.3. The maximum Gasteiger partial charge on any atom is 0.128 e. The zero-order valence-corrected chi connectivity index (χ0v) is 10.5. The summed E-state index contributed by atoms with van der Waals surface area (Å²) in [7, 11) is 2.00. The lowest BCUT2D eigenvalue weighted by Crippen LogP contribution is -2.24. The Hall–Kier alpha value is -1.25. The highest BCUT2D eigenvalue weighted by Gasteiger charge is 2.11. The summed E-state index contributed by atoms with van der Waals surface area (Å²) in [4.78, 5) is 2.09. The third-order valence-electron chi connectivity index (χ3n) is 3.00. The van der Waals surface area contributed by atoms with Gasteiger partial charge < -0.3 is 10.6 Å². The van der Waals surface area contributed by atoms with E-state index < -0.39 is 0 Å². The van der Waals surface area contributed by atoms with E-state index in [0.29, 0.717) is 17.2 Å². The van der Waals surface area contributed by atoms with E-state index in [0.717, 1.165) is 18.7 Å². The van der Waals surface area contributed by atoms with Crippen molar-refractivity contribution in [3.8, 4) is 0 Å². The number of hydrogen-bond donors (Lipinski definition) is 1. The number of nitrogens with zero attached hydrogens (tertiary/aromatic N) is 1. The van der Waals surface area contributed by atoms with E-state index in [1.807, 2.05) is 13.1 Å². The summed E-state index contributed by atoms with van der Waals surface area (Å²) in [5, 5.41) is 0. The summed E-state index contributed by atoms with van der Waals surface area (Å²) in [6, 6.07) is 3.21. The summed E-state index contributed by atoms with van der Waals surface area (Å²) in [5.74, 6) is 0.368. The van der Waals surface area contributed by atoms with Crippen LogP contribution in [0.2, 0.25) is 0 Å². The quantitative estimate of drug-likeness (QED) is 0.796. The number of rotatable bonds is 4. The van der Waals surface area contributed by atoms with Gasteiger partial charge in [-0.15, -0.1) is 0 Å². The first kappa shape index (κ1) is 12.8. The largest absolute Gasteiger partial charge is 0.397 e. The first-order valence-corrected chi connectivity index (χ1v) is 5.72. The first-order chi connectivity index (χ1) is 7.45. The molecule has 0 amide bonds. The highest BCUT2D eigenvalue weighted by atomic mass is 19.1. The van der Waals surface area contributed by atoms with Crippen LogP contribution in [0, 0.1) is 18.7 Å². The van der Waals surface area contributed by atoms with Crippen LogP contribution in [-0.2, 0) is 0 Å². The molecule has 1 aromatic carbocycles. The van der Waals surface area contributed by atoms with Gasteiger partial charge in [-0.25, -0.2) is 4.39 Å². The van der Waals surface area contributed by atoms with Crippen molar-refractivity contribution in [3.63, 3.8) is 0 Å². The average molecular weight is 224 g/mol. The Balaban J connectivity index is 2.91. The molecule has 0 aliphatic heterocycles. The second-order valence-electron chi connectivity index (χ2n) is 4.55. The molecule has 2 nitrogen and oxygen atoms in total. The van der Waals surface area contributed by atoms with E-state index in [1.165, 1.54) is 6.07 Å². The lowest BCUT2D eigenvalue weighted by molar-refractivity contribution is 0.559. The standard InChI is InChI=1S/C13H21FN2/c1-5-9(2)8-16(4)13-6-10(3)11(14)7-12(13)15/h6-7,9H,5,8,15H2,1-4H3. The number of anilines is 2. The Morgan fingerprint density at radius 1 is 1.44 bits per heavy atom. The van der Waals surface area contributed by atoms with Gasteiger partial charge in [-0.05, 0) is 30.5 Å². The Morgan fingerprint density at radius 2 is 2.06 bits per heavy atom. The molecule has 0 aliphatic carbocycles. The van der Waals surface area contributed by atoms with Crippen molar-refractivity contribution in [2.75, 3.05) is 24.2 Å². The molecule has 0 aromatic heterocycles. The molecule has 1 unspecified atom stereocenters. The van der Waals surface area contributed by atoms with Gasteiger partial charge in [-0.1, -0.05) is 20.3 Å². The topological polar surface area (TPSA) is 29.3 Å². The fourth-order valence-electron chi connectivity index (χ4n) is 1.71. The van der Waals surface area contributed by atoms with Crippen LogP contribution in [0.5, 0.6) is 0 Å². The van der Waals surface area contributed by atoms with Crippen LogP contribution in [0.4, 0.5) is 15.8 Å². The predicted molar refractivity (Wildman–Crippen MR) is 68.3 cm³/mol. The van der Waals surface area contributed by atoms with Crippen molar-refractivity contribution in [1.82, 2.24) is 0 Å². The highest BCUT2D eigenvalue weighted by Crippen LogP contribution is 2.26. The molecule has 1 atom stereocenters. The zero-order chi connectivity index (χ0) is 12.3. The van der Waals surface area contributed by atoms with Crippen molar-refractivity contribution < 1.29 is 4.39 Å². The molecule has 1 rings (SSSR count). The van der Waals surface area contributed by atoms with Crippen LogP contribution in [0.15, 0.2) is 12.1 Å². The van der Waals surface area contributed by atoms with E-state index >= 15 is 0 Å². The Morgan fingerprint density at radius 3 is 2.62 bits per heavy atom. The monoisotopic (exact) mass is 224 g/mol. The van der Waals surface area contributed by atoms with Crippen LogP contribution in [0.1, 0.15) is 25.8 Å². The van der Waals surface area contributed by atoms with Gasteiger partial charge in [0.1, 0.15) is 5.82 Å².